The zero-order valence-corrected chi connectivity index (χ0v) is 17.3. The Kier molecular flexibility index (Phi) is 5.80. The van der Waals surface area contributed by atoms with Gasteiger partial charge in [-0.15, -0.1) is 11.3 Å². The first kappa shape index (κ1) is 17.7. The number of aromatic nitrogens is 1. The number of halogens is 1. The lowest BCUT2D eigenvalue weighted by atomic mass is 10.1. The minimum atomic E-state index is 0.632. The van der Waals surface area contributed by atoms with Crippen LogP contribution in [0.15, 0.2) is 62.2 Å². The molecule has 0 aliphatic rings. The number of hydrogen-bond acceptors (Lipinski definition) is 3. The average molecular weight is 418 g/mol. The van der Waals surface area contributed by atoms with E-state index in [9.17, 15) is 0 Å². The van der Waals surface area contributed by atoms with Crippen molar-refractivity contribution < 1.29 is 0 Å². The van der Waals surface area contributed by atoms with Gasteiger partial charge < -0.3 is 0 Å². The highest BCUT2D eigenvalue weighted by atomic mass is 79.9. The van der Waals surface area contributed by atoms with Crippen LogP contribution in [-0.4, -0.2) is 4.98 Å². The number of rotatable bonds is 5. The van der Waals surface area contributed by atoms with Gasteiger partial charge >= 0.3 is 0 Å². The molecule has 4 heteroatoms. The number of benzene rings is 2. The number of hydrogen-bond donors (Lipinski definition) is 0. The van der Waals surface area contributed by atoms with Gasteiger partial charge in [-0.2, -0.15) is 0 Å². The highest BCUT2D eigenvalue weighted by molar-refractivity contribution is 9.11. The predicted molar refractivity (Wildman–Crippen MR) is 109 cm³/mol. The fourth-order valence-electron chi connectivity index (χ4n) is 2.55. The third kappa shape index (κ3) is 4.50. The van der Waals surface area contributed by atoms with Crippen LogP contribution in [0.5, 0.6) is 0 Å². The van der Waals surface area contributed by atoms with E-state index >= 15 is 0 Å². The molecule has 1 aromatic heterocycles. The van der Waals surface area contributed by atoms with E-state index in [-0.39, 0.29) is 0 Å². The highest BCUT2D eigenvalue weighted by Crippen LogP contribution is 2.35. The summed E-state index contributed by atoms with van der Waals surface area (Å²) in [5.74, 6) is 0.632. The van der Waals surface area contributed by atoms with Crippen LogP contribution in [-0.2, 0) is 6.42 Å². The third-order valence-corrected chi connectivity index (χ3v) is 6.14. The smallest absolute Gasteiger partial charge is 0.160 e. The van der Waals surface area contributed by atoms with Crippen LogP contribution >= 0.6 is 39.0 Å². The molecule has 124 valence electrons. The molecule has 0 atom stereocenters. The monoisotopic (exact) mass is 417 g/mol. The Morgan fingerprint density at radius 3 is 2.50 bits per heavy atom. The van der Waals surface area contributed by atoms with Crippen molar-refractivity contribution in [3.05, 3.63) is 62.9 Å². The molecule has 0 saturated heterocycles. The molecule has 0 N–H and O–H groups in total. The van der Waals surface area contributed by atoms with Gasteiger partial charge in [-0.05, 0) is 59.5 Å². The van der Waals surface area contributed by atoms with Gasteiger partial charge in [-0.3, -0.25) is 0 Å². The van der Waals surface area contributed by atoms with Crippen molar-refractivity contribution in [3.63, 3.8) is 0 Å². The van der Waals surface area contributed by atoms with Gasteiger partial charge in [-0.25, -0.2) is 4.98 Å². The van der Waals surface area contributed by atoms with E-state index in [1.807, 2.05) is 0 Å². The number of thiazole rings is 1. The second-order valence-corrected chi connectivity index (χ2v) is 9.79. The zero-order chi connectivity index (χ0) is 17.1. The normalized spacial score (nSPS) is 11.2. The van der Waals surface area contributed by atoms with Crippen LogP contribution in [0.25, 0.3) is 11.3 Å². The molecule has 24 heavy (non-hydrogen) atoms. The lowest BCUT2D eigenvalue weighted by Gasteiger charge is -2.07. The van der Waals surface area contributed by atoms with Crippen molar-refractivity contribution in [3.8, 4) is 11.3 Å². The summed E-state index contributed by atoms with van der Waals surface area (Å²) in [5, 5.41) is 0. The summed E-state index contributed by atoms with van der Waals surface area (Å²) in [6.45, 7) is 6.63. The second kappa shape index (κ2) is 7.85. The largest absolute Gasteiger partial charge is 0.229 e. The standard InChI is InChI=1S/C20H20BrNS2/c1-13(2)11-18-19(22-20(21)24-18)15-7-9-16(10-8-15)23-17-6-4-5-14(3)12-17/h4-10,12-13H,11H2,1-3H3. The van der Waals surface area contributed by atoms with Gasteiger partial charge in [0, 0.05) is 20.2 Å². The first-order valence-electron chi connectivity index (χ1n) is 8.01. The molecule has 1 nitrogen and oxygen atoms in total. The molecular formula is C20H20BrNS2. The van der Waals surface area contributed by atoms with Crippen molar-refractivity contribution >= 4 is 39.0 Å². The van der Waals surface area contributed by atoms with Crippen molar-refractivity contribution in [1.29, 1.82) is 0 Å². The lowest BCUT2D eigenvalue weighted by molar-refractivity contribution is 0.654. The molecule has 0 saturated carbocycles. The van der Waals surface area contributed by atoms with E-state index in [1.165, 1.54) is 25.8 Å². The number of aryl methyl sites for hydroxylation is 1. The molecular weight excluding hydrogens is 398 g/mol. The Morgan fingerprint density at radius 2 is 1.83 bits per heavy atom. The van der Waals surface area contributed by atoms with Gasteiger partial charge in [-0.1, -0.05) is 55.4 Å². The summed E-state index contributed by atoms with van der Waals surface area (Å²) in [5.41, 5.74) is 3.61. The second-order valence-electron chi connectivity index (χ2n) is 6.28. The molecule has 0 amide bonds. The Morgan fingerprint density at radius 1 is 1.08 bits per heavy atom. The van der Waals surface area contributed by atoms with Gasteiger partial charge in [0.05, 0.1) is 5.69 Å². The average Bonchev–Trinajstić information content (AvgIpc) is 2.88. The fourth-order valence-corrected chi connectivity index (χ4v) is 5.27. The van der Waals surface area contributed by atoms with E-state index in [4.69, 9.17) is 0 Å². The SMILES string of the molecule is Cc1cccc(Sc2ccc(-c3nc(Br)sc3CC(C)C)cc2)c1. The van der Waals surface area contributed by atoms with E-state index in [2.05, 4.69) is 90.2 Å². The quantitative estimate of drug-likeness (QED) is 0.433. The maximum atomic E-state index is 4.69. The van der Waals surface area contributed by atoms with Crippen molar-refractivity contribution in [2.45, 2.75) is 37.0 Å². The predicted octanol–water partition coefficient (Wildman–Crippen LogP) is 7.23. The van der Waals surface area contributed by atoms with Crippen LogP contribution in [0.1, 0.15) is 24.3 Å². The first-order chi connectivity index (χ1) is 11.5. The maximum Gasteiger partial charge on any atom is 0.160 e. The summed E-state index contributed by atoms with van der Waals surface area (Å²) in [6, 6.07) is 17.4. The molecule has 1 heterocycles. The number of nitrogens with zero attached hydrogens (tertiary/aromatic N) is 1. The van der Waals surface area contributed by atoms with Gasteiger partial charge in [0.25, 0.3) is 0 Å². The fraction of sp³-hybridized carbons (Fsp3) is 0.250. The van der Waals surface area contributed by atoms with Crippen molar-refractivity contribution in [2.24, 2.45) is 5.92 Å². The van der Waals surface area contributed by atoms with E-state index in [0.717, 1.165) is 16.0 Å². The van der Waals surface area contributed by atoms with E-state index in [0.29, 0.717) is 5.92 Å². The van der Waals surface area contributed by atoms with Crippen LogP contribution < -0.4 is 0 Å². The summed E-state index contributed by atoms with van der Waals surface area (Å²) < 4.78 is 0.964. The Balaban J connectivity index is 1.82. The zero-order valence-electron chi connectivity index (χ0n) is 14.0. The molecule has 0 unspecified atom stereocenters. The van der Waals surface area contributed by atoms with Crippen molar-refractivity contribution in [2.75, 3.05) is 0 Å². The van der Waals surface area contributed by atoms with Gasteiger partial charge in [0.15, 0.2) is 3.92 Å². The third-order valence-electron chi connectivity index (χ3n) is 3.62. The van der Waals surface area contributed by atoms with Gasteiger partial charge in [0.1, 0.15) is 0 Å². The topological polar surface area (TPSA) is 12.9 Å². The molecule has 0 bridgehead atoms. The molecule has 3 aromatic rings. The van der Waals surface area contributed by atoms with Crippen molar-refractivity contribution in [1.82, 2.24) is 4.98 Å². The van der Waals surface area contributed by atoms with E-state index in [1.54, 1.807) is 23.1 Å². The molecule has 3 rings (SSSR count). The minimum absolute atomic E-state index is 0.632. The maximum absolute atomic E-state index is 4.69. The Bertz CT molecular complexity index is 822. The highest BCUT2D eigenvalue weighted by Gasteiger charge is 2.13. The molecule has 0 aliphatic carbocycles. The van der Waals surface area contributed by atoms with Crippen LogP contribution in [0.4, 0.5) is 0 Å². The Hall–Kier alpha value is -1.10. The molecule has 0 spiro atoms. The summed E-state index contributed by atoms with van der Waals surface area (Å²) in [4.78, 5) is 8.58. The van der Waals surface area contributed by atoms with Crippen LogP contribution in [0, 0.1) is 12.8 Å². The first-order valence-corrected chi connectivity index (χ1v) is 10.4. The lowest BCUT2D eigenvalue weighted by Crippen LogP contribution is -1.93. The molecule has 0 fully saturated rings. The minimum Gasteiger partial charge on any atom is -0.229 e. The van der Waals surface area contributed by atoms with Crippen LogP contribution in [0.2, 0.25) is 0 Å². The van der Waals surface area contributed by atoms with E-state index < -0.39 is 0 Å². The molecule has 2 aromatic carbocycles. The van der Waals surface area contributed by atoms with Gasteiger partial charge in [0.2, 0.25) is 0 Å². The summed E-state index contributed by atoms with van der Waals surface area (Å²) in [7, 11) is 0. The summed E-state index contributed by atoms with van der Waals surface area (Å²) >= 11 is 7.08. The summed E-state index contributed by atoms with van der Waals surface area (Å²) in [6.07, 6.45) is 1.07. The molecule has 0 radical (unpaired) electrons. The molecule has 0 aliphatic heterocycles. The van der Waals surface area contributed by atoms with Crippen LogP contribution in [0.3, 0.4) is 0 Å². The Labute approximate surface area is 160 Å².